The number of anilines is 1. The molecule has 5 N–H and O–H groups in total. The first-order valence-corrected chi connectivity index (χ1v) is 16.3. The van der Waals surface area contributed by atoms with Gasteiger partial charge in [0.25, 0.3) is 11.8 Å². The number of rotatable bonds is 12. The number of benzene rings is 2. The van der Waals surface area contributed by atoms with Crippen LogP contribution in [0.1, 0.15) is 59.7 Å². The van der Waals surface area contributed by atoms with Crippen molar-refractivity contribution in [2.45, 2.75) is 68.8 Å². The zero-order valence-corrected chi connectivity index (χ0v) is 25.4. The molecule has 0 spiro atoms. The number of aliphatic hydroxyl groups excluding tert-OH is 3. The Morgan fingerprint density at radius 2 is 1.72 bits per heavy atom. The average Bonchev–Trinajstić information content (AvgIpc) is 3.01. The quantitative estimate of drug-likeness (QED) is 0.176. The zero-order valence-electron chi connectivity index (χ0n) is 24.5. The molecule has 0 aliphatic carbocycles. The molecule has 5 rings (SSSR count). The average molecular weight is 615 g/mol. The van der Waals surface area contributed by atoms with Gasteiger partial charge in [-0.05, 0) is 69.1 Å². The Morgan fingerprint density at radius 3 is 2.44 bits per heavy atom. The summed E-state index contributed by atoms with van der Waals surface area (Å²) in [7, 11) is 0. The van der Waals surface area contributed by atoms with Crippen molar-refractivity contribution in [3.8, 4) is 0 Å². The first-order chi connectivity index (χ1) is 20.8. The second kappa shape index (κ2) is 14.4. The van der Waals surface area contributed by atoms with E-state index in [1.807, 2.05) is 30.3 Å². The molecule has 5 atom stereocenters. The molecule has 0 bridgehead atoms. The molecule has 2 aromatic carbocycles. The minimum Gasteiger partial charge on any atom is -0.394 e. The summed E-state index contributed by atoms with van der Waals surface area (Å²) in [5, 5.41) is 37.8. The molecule has 0 saturated carbocycles. The number of carbonyl (C=O) groups is 3. The fraction of sp³-hybridized carbons (Fsp3) is 0.581. The van der Waals surface area contributed by atoms with E-state index < -0.39 is 36.4 Å². The lowest BCUT2D eigenvalue weighted by Crippen LogP contribution is -2.63. The molecular weight excluding hydrogens is 572 g/mol. The van der Waals surface area contributed by atoms with Crippen molar-refractivity contribution in [1.29, 1.82) is 0 Å². The highest BCUT2D eigenvalue weighted by Crippen LogP contribution is 2.37. The Balaban J connectivity index is 1.09. The van der Waals surface area contributed by atoms with Crippen LogP contribution in [0.25, 0.3) is 10.8 Å². The van der Waals surface area contributed by atoms with E-state index in [-0.39, 0.29) is 17.7 Å². The number of nitrogens with zero attached hydrogens (tertiary/aromatic N) is 2. The van der Waals surface area contributed by atoms with Crippen LogP contribution in [0.2, 0.25) is 0 Å². The third-order valence-corrected chi connectivity index (χ3v) is 9.69. The summed E-state index contributed by atoms with van der Waals surface area (Å²) in [6.07, 6.45) is 1.43. The minimum absolute atomic E-state index is 0.245. The summed E-state index contributed by atoms with van der Waals surface area (Å²) >= 11 is 1.40. The maximum atomic E-state index is 13.4. The molecule has 0 aromatic heterocycles. The number of carbonyl (C=O) groups excluding carboxylic acids is 3. The standard InChI is InChI=1S/C31H42N4O7S/c1-19(37)33-26-28(39)27(38)24(18-36)42-31(26)43-17-7-13-32-12-6-16-35-29(40)21-9-5-8-20-23(34-14-3-2-4-15-34)11-10-22(25(20)21)30(35)41/h5,8-11,24,26-28,31-32,36,38-39H,2-4,6-7,12-18H2,1H3,(H,33,37)/t24-,26-,27-,28-,31+/m1/s1. The number of hydrogen-bond acceptors (Lipinski definition) is 10. The van der Waals surface area contributed by atoms with Crippen molar-refractivity contribution in [1.82, 2.24) is 15.5 Å². The Hall–Kier alpha value is -2.74. The van der Waals surface area contributed by atoms with Crippen LogP contribution in [0.15, 0.2) is 30.3 Å². The van der Waals surface area contributed by atoms with E-state index in [9.17, 15) is 29.7 Å². The number of piperidine rings is 1. The van der Waals surface area contributed by atoms with Gasteiger partial charge >= 0.3 is 0 Å². The zero-order chi connectivity index (χ0) is 30.5. The SMILES string of the molecule is CC(=O)N[C@@H]1[C@@H](O)[C@H](O)[C@@H](CO)O[C@H]1SCCCNCCCN1C(=O)c2cccc3c(N4CCCCC4)ccc(c23)C1=O. The lowest BCUT2D eigenvalue weighted by atomic mass is 9.92. The Kier molecular flexibility index (Phi) is 10.6. The first-order valence-electron chi connectivity index (χ1n) is 15.2. The second-order valence-corrected chi connectivity index (χ2v) is 12.6. The van der Waals surface area contributed by atoms with Gasteiger partial charge in [-0.3, -0.25) is 19.3 Å². The summed E-state index contributed by atoms with van der Waals surface area (Å²) in [5.74, 6) is -0.185. The molecule has 2 aromatic rings. The lowest BCUT2D eigenvalue weighted by molar-refractivity contribution is -0.173. The summed E-state index contributed by atoms with van der Waals surface area (Å²) in [5.41, 5.74) is 1.65. The molecule has 3 heterocycles. The van der Waals surface area contributed by atoms with Gasteiger partial charge in [0.05, 0.1) is 12.6 Å². The van der Waals surface area contributed by atoms with Crippen LogP contribution in [0, 0.1) is 0 Å². The van der Waals surface area contributed by atoms with Crippen LogP contribution < -0.4 is 15.5 Å². The van der Waals surface area contributed by atoms with Gasteiger partial charge in [-0.1, -0.05) is 12.1 Å². The van der Waals surface area contributed by atoms with Gasteiger partial charge in [0.2, 0.25) is 5.91 Å². The number of amides is 3. The van der Waals surface area contributed by atoms with Crippen molar-refractivity contribution in [2.75, 3.05) is 50.0 Å². The highest BCUT2D eigenvalue weighted by molar-refractivity contribution is 7.99. The van der Waals surface area contributed by atoms with Crippen LogP contribution in [-0.2, 0) is 9.53 Å². The molecule has 3 aliphatic rings. The number of imide groups is 1. The first kappa shape index (κ1) is 31.7. The monoisotopic (exact) mass is 614 g/mol. The summed E-state index contributed by atoms with van der Waals surface area (Å²) in [4.78, 5) is 42.2. The topological polar surface area (TPSA) is 152 Å². The molecule has 43 heavy (non-hydrogen) atoms. The number of hydrogen-bond donors (Lipinski definition) is 5. The fourth-order valence-corrected chi connectivity index (χ4v) is 7.44. The van der Waals surface area contributed by atoms with Crippen molar-refractivity contribution in [3.63, 3.8) is 0 Å². The molecule has 11 nitrogen and oxygen atoms in total. The van der Waals surface area contributed by atoms with Gasteiger partial charge in [0.15, 0.2) is 0 Å². The molecular formula is C31H42N4O7S. The van der Waals surface area contributed by atoms with E-state index in [0.29, 0.717) is 42.9 Å². The summed E-state index contributed by atoms with van der Waals surface area (Å²) < 4.78 is 5.74. The third kappa shape index (κ3) is 6.84. The molecule has 2 saturated heterocycles. The molecule has 0 unspecified atom stereocenters. The smallest absolute Gasteiger partial charge is 0.261 e. The normalized spacial score (nSPS) is 25.8. The van der Waals surface area contributed by atoms with Crippen LogP contribution in [0.5, 0.6) is 0 Å². The van der Waals surface area contributed by atoms with E-state index in [0.717, 1.165) is 48.8 Å². The molecule has 12 heteroatoms. The summed E-state index contributed by atoms with van der Waals surface area (Å²) in [6.45, 7) is 4.50. The number of thioether (sulfide) groups is 1. The van der Waals surface area contributed by atoms with Gasteiger partial charge < -0.3 is 35.6 Å². The van der Waals surface area contributed by atoms with E-state index in [1.165, 1.54) is 30.0 Å². The number of nitrogens with one attached hydrogen (secondary N) is 2. The van der Waals surface area contributed by atoms with E-state index in [1.54, 1.807) is 0 Å². The van der Waals surface area contributed by atoms with Crippen molar-refractivity contribution >= 4 is 45.9 Å². The predicted octanol–water partition coefficient (Wildman–Crippen LogP) is 1.47. The van der Waals surface area contributed by atoms with Crippen LogP contribution >= 0.6 is 11.8 Å². The van der Waals surface area contributed by atoms with Crippen LogP contribution in [0.4, 0.5) is 5.69 Å². The number of ether oxygens (including phenoxy) is 1. The Morgan fingerprint density at radius 1 is 1.00 bits per heavy atom. The Labute approximate surface area is 255 Å². The summed E-state index contributed by atoms with van der Waals surface area (Å²) in [6, 6.07) is 8.86. The lowest BCUT2D eigenvalue weighted by Gasteiger charge is -2.42. The van der Waals surface area contributed by atoms with Crippen LogP contribution in [-0.4, -0.2) is 113 Å². The molecule has 0 radical (unpaired) electrons. The molecule has 2 fully saturated rings. The van der Waals surface area contributed by atoms with Gasteiger partial charge in [-0.2, -0.15) is 0 Å². The molecule has 3 amide bonds. The number of aliphatic hydroxyl groups is 3. The van der Waals surface area contributed by atoms with E-state index >= 15 is 0 Å². The van der Waals surface area contributed by atoms with Gasteiger partial charge in [-0.25, -0.2) is 0 Å². The third-order valence-electron chi connectivity index (χ3n) is 8.43. The van der Waals surface area contributed by atoms with Crippen molar-refractivity contribution in [3.05, 3.63) is 41.5 Å². The van der Waals surface area contributed by atoms with Gasteiger partial charge in [0.1, 0.15) is 23.7 Å². The second-order valence-electron chi connectivity index (χ2n) is 11.4. The largest absolute Gasteiger partial charge is 0.394 e. The van der Waals surface area contributed by atoms with Crippen molar-refractivity contribution in [2.24, 2.45) is 0 Å². The predicted molar refractivity (Wildman–Crippen MR) is 165 cm³/mol. The fourth-order valence-electron chi connectivity index (χ4n) is 6.24. The maximum Gasteiger partial charge on any atom is 0.261 e. The van der Waals surface area contributed by atoms with Gasteiger partial charge in [0, 0.05) is 54.1 Å². The van der Waals surface area contributed by atoms with Crippen LogP contribution in [0.3, 0.4) is 0 Å². The highest BCUT2D eigenvalue weighted by atomic mass is 32.2. The van der Waals surface area contributed by atoms with Crippen molar-refractivity contribution < 1.29 is 34.4 Å². The maximum absolute atomic E-state index is 13.4. The molecule has 3 aliphatic heterocycles. The molecule has 234 valence electrons. The van der Waals surface area contributed by atoms with E-state index in [2.05, 4.69) is 15.5 Å². The van der Waals surface area contributed by atoms with E-state index in [4.69, 9.17) is 4.74 Å². The highest BCUT2D eigenvalue weighted by Gasteiger charge is 2.44. The minimum atomic E-state index is -1.29. The van der Waals surface area contributed by atoms with Gasteiger partial charge in [-0.15, -0.1) is 11.8 Å². The Bertz CT molecular complexity index is 1300.